The lowest BCUT2D eigenvalue weighted by Gasteiger charge is -2.02. The first kappa shape index (κ1) is 14.3. The van der Waals surface area contributed by atoms with Gasteiger partial charge in [-0.2, -0.15) is 5.10 Å². The molecule has 1 amide bonds. The standard InChI is InChI=1S/C15H17N5O2/c1-10-14(17-13-5-3-4-6-20(10)13)15(21)16-8-11-7-12(9-22-2)19-18-11/h3-7H,8-9H2,1-2H3,(H,16,21)(H,18,19). The van der Waals surface area contributed by atoms with Gasteiger partial charge in [0.05, 0.1) is 30.2 Å². The van der Waals surface area contributed by atoms with Gasteiger partial charge in [-0.25, -0.2) is 4.98 Å². The second-order valence-electron chi connectivity index (χ2n) is 4.97. The van der Waals surface area contributed by atoms with E-state index in [9.17, 15) is 4.79 Å². The Morgan fingerprint density at radius 1 is 1.45 bits per heavy atom. The number of ether oxygens (including phenoxy) is 1. The van der Waals surface area contributed by atoms with Gasteiger partial charge in [-0.05, 0) is 25.1 Å². The molecule has 0 fully saturated rings. The number of nitrogens with zero attached hydrogens (tertiary/aromatic N) is 3. The zero-order valence-electron chi connectivity index (χ0n) is 12.5. The summed E-state index contributed by atoms with van der Waals surface area (Å²) in [5.74, 6) is -0.205. The molecule has 0 bridgehead atoms. The molecule has 0 saturated heterocycles. The number of carbonyl (C=O) groups is 1. The molecule has 3 heterocycles. The van der Waals surface area contributed by atoms with Gasteiger partial charge in [0.1, 0.15) is 11.3 Å². The minimum Gasteiger partial charge on any atom is -0.378 e. The molecule has 0 atom stereocenters. The van der Waals surface area contributed by atoms with Crippen LogP contribution in [0, 0.1) is 6.92 Å². The average Bonchev–Trinajstić information content (AvgIpc) is 3.11. The second kappa shape index (κ2) is 5.98. The van der Waals surface area contributed by atoms with Gasteiger partial charge in [0, 0.05) is 13.3 Å². The highest BCUT2D eigenvalue weighted by molar-refractivity contribution is 5.94. The number of aromatic nitrogens is 4. The number of carbonyl (C=O) groups excluding carboxylic acids is 1. The number of hydrogen-bond acceptors (Lipinski definition) is 4. The molecule has 0 spiro atoms. The van der Waals surface area contributed by atoms with Crippen LogP contribution < -0.4 is 5.32 Å². The van der Waals surface area contributed by atoms with Crippen LogP contribution in [0.25, 0.3) is 5.65 Å². The molecule has 114 valence electrons. The summed E-state index contributed by atoms with van der Waals surface area (Å²) in [5, 5.41) is 9.80. The van der Waals surface area contributed by atoms with E-state index in [4.69, 9.17) is 4.74 Å². The summed E-state index contributed by atoms with van der Waals surface area (Å²) in [5.41, 5.74) is 3.63. The molecule has 3 aromatic heterocycles. The molecule has 2 N–H and O–H groups in total. The van der Waals surface area contributed by atoms with Crippen molar-refractivity contribution in [2.75, 3.05) is 7.11 Å². The number of fused-ring (bicyclic) bond motifs is 1. The Balaban J connectivity index is 1.71. The number of aromatic amines is 1. The highest BCUT2D eigenvalue weighted by atomic mass is 16.5. The molecular weight excluding hydrogens is 282 g/mol. The number of imidazole rings is 1. The number of aryl methyl sites for hydroxylation is 1. The van der Waals surface area contributed by atoms with E-state index in [1.165, 1.54) is 0 Å². The van der Waals surface area contributed by atoms with Crippen molar-refractivity contribution in [3.63, 3.8) is 0 Å². The number of hydrogen-bond donors (Lipinski definition) is 2. The fraction of sp³-hybridized carbons (Fsp3) is 0.267. The number of methoxy groups -OCH3 is 1. The number of amides is 1. The van der Waals surface area contributed by atoms with Crippen LogP contribution in [-0.4, -0.2) is 32.6 Å². The SMILES string of the molecule is COCc1cc(CNC(=O)c2nc3ccccn3c2C)[nH]n1. The molecule has 7 heteroatoms. The largest absolute Gasteiger partial charge is 0.378 e. The Morgan fingerprint density at radius 3 is 3.09 bits per heavy atom. The predicted octanol–water partition coefficient (Wildman–Crippen LogP) is 1.44. The molecule has 0 aliphatic carbocycles. The van der Waals surface area contributed by atoms with Crippen LogP contribution in [0.2, 0.25) is 0 Å². The molecule has 0 radical (unpaired) electrons. The summed E-state index contributed by atoms with van der Waals surface area (Å²) in [7, 11) is 1.61. The molecule has 0 unspecified atom stereocenters. The van der Waals surface area contributed by atoms with E-state index in [-0.39, 0.29) is 5.91 Å². The topological polar surface area (TPSA) is 84.3 Å². The van der Waals surface area contributed by atoms with E-state index >= 15 is 0 Å². The molecule has 0 aliphatic heterocycles. The lowest BCUT2D eigenvalue weighted by atomic mass is 10.3. The predicted molar refractivity (Wildman–Crippen MR) is 80.4 cm³/mol. The number of nitrogens with one attached hydrogen (secondary N) is 2. The molecule has 22 heavy (non-hydrogen) atoms. The van der Waals surface area contributed by atoms with Crippen LogP contribution in [0.3, 0.4) is 0 Å². The third-order valence-corrected chi connectivity index (χ3v) is 3.40. The van der Waals surface area contributed by atoms with Crippen LogP contribution in [0.4, 0.5) is 0 Å². The second-order valence-corrected chi connectivity index (χ2v) is 4.97. The van der Waals surface area contributed by atoms with Crippen molar-refractivity contribution in [1.29, 1.82) is 0 Å². The third-order valence-electron chi connectivity index (χ3n) is 3.40. The van der Waals surface area contributed by atoms with Crippen molar-refractivity contribution in [3.8, 4) is 0 Å². The summed E-state index contributed by atoms with van der Waals surface area (Å²) >= 11 is 0. The Labute approximate surface area is 127 Å². The van der Waals surface area contributed by atoms with Gasteiger partial charge in [0.25, 0.3) is 5.91 Å². The molecule has 0 aromatic carbocycles. The Hall–Kier alpha value is -2.67. The smallest absolute Gasteiger partial charge is 0.272 e. The van der Waals surface area contributed by atoms with E-state index in [1.807, 2.05) is 41.8 Å². The van der Waals surface area contributed by atoms with Crippen LogP contribution in [0.15, 0.2) is 30.5 Å². The Bertz CT molecular complexity index is 805. The van der Waals surface area contributed by atoms with Gasteiger partial charge < -0.3 is 14.5 Å². The van der Waals surface area contributed by atoms with Gasteiger partial charge in [-0.1, -0.05) is 6.07 Å². The van der Waals surface area contributed by atoms with Crippen molar-refractivity contribution >= 4 is 11.6 Å². The van der Waals surface area contributed by atoms with Crippen molar-refractivity contribution in [3.05, 3.63) is 53.2 Å². The van der Waals surface area contributed by atoms with Gasteiger partial charge >= 0.3 is 0 Å². The monoisotopic (exact) mass is 299 g/mol. The van der Waals surface area contributed by atoms with Crippen LogP contribution in [-0.2, 0) is 17.9 Å². The first-order chi connectivity index (χ1) is 10.7. The average molecular weight is 299 g/mol. The van der Waals surface area contributed by atoms with Crippen molar-refractivity contribution < 1.29 is 9.53 Å². The van der Waals surface area contributed by atoms with E-state index in [1.54, 1.807) is 7.11 Å². The third kappa shape index (κ3) is 2.71. The minimum absolute atomic E-state index is 0.205. The normalized spacial score (nSPS) is 11.0. The lowest BCUT2D eigenvalue weighted by Crippen LogP contribution is -2.24. The van der Waals surface area contributed by atoms with Gasteiger partial charge in [0.2, 0.25) is 0 Å². The fourth-order valence-electron chi connectivity index (χ4n) is 2.31. The maximum atomic E-state index is 12.3. The fourth-order valence-corrected chi connectivity index (χ4v) is 2.31. The highest BCUT2D eigenvalue weighted by Gasteiger charge is 2.15. The van der Waals surface area contributed by atoms with E-state index < -0.39 is 0 Å². The van der Waals surface area contributed by atoms with Gasteiger partial charge in [-0.3, -0.25) is 9.89 Å². The maximum Gasteiger partial charge on any atom is 0.272 e. The van der Waals surface area contributed by atoms with E-state index in [2.05, 4.69) is 20.5 Å². The summed E-state index contributed by atoms with van der Waals surface area (Å²) in [4.78, 5) is 16.7. The van der Waals surface area contributed by atoms with E-state index in [0.717, 1.165) is 22.7 Å². The maximum absolute atomic E-state index is 12.3. The zero-order chi connectivity index (χ0) is 15.5. The number of H-pyrrole nitrogens is 1. The molecule has 0 aliphatic rings. The van der Waals surface area contributed by atoms with E-state index in [0.29, 0.717) is 18.8 Å². The Morgan fingerprint density at radius 2 is 2.32 bits per heavy atom. The van der Waals surface area contributed by atoms with Gasteiger partial charge in [-0.15, -0.1) is 0 Å². The van der Waals surface area contributed by atoms with Crippen molar-refractivity contribution in [2.45, 2.75) is 20.1 Å². The molecule has 3 aromatic rings. The summed E-state index contributed by atoms with van der Waals surface area (Å²) in [6, 6.07) is 7.53. The summed E-state index contributed by atoms with van der Waals surface area (Å²) in [6.07, 6.45) is 1.89. The summed E-state index contributed by atoms with van der Waals surface area (Å²) in [6.45, 7) is 2.68. The van der Waals surface area contributed by atoms with Gasteiger partial charge in [0.15, 0.2) is 0 Å². The number of pyridine rings is 1. The van der Waals surface area contributed by atoms with Crippen molar-refractivity contribution in [2.24, 2.45) is 0 Å². The molecule has 0 saturated carbocycles. The molecule has 3 rings (SSSR count). The quantitative estimate of drug-likeness (QED) is 0.746. The van der Waals surface area contributed by atoms with Crippen LogP contribution in [0.1, 0.15) is 27.6 Å². The molecule has 7 nitrogen and oxygen atoms in total. The number of rotatable bonds is 5. The lowest BCUT2D eigenvalue weighted by molar-refractivity contribution is 0.0945. The highest BCUT2D eigenvalue weighted by Crippen LogP contribution is 2.11. The summed E-state index contributed by atoms with van der Waals surface area (Å²) < 4.78 is 6.89. The minimum atomic E-state index is -0.205. The Kier molecular flexibility index (Phi) is 3.88. The zero-order valence-corrected chi connectivity index (χ0v) is 12.5. The first-order valence-electron chi connectivity index (χ1n) is 6.93. The van der Waals surface area contributed by atoms with Crippen molar-refractivity contribution in [1.82, 2.24) is 24.9 Å². The first-order valence-corrected chi connectivity index (χ1v) is 6.93. The van der Waals surface area contributed by atoms with Crippen LogP contribution >= 0.6 is 0 Å². The van der Waals surface area contributed by atoms with Crippen LogP contribution in [0.5, 0.6) is 0 Å². The molecular formula is C15H17N5O2.